The molecule has 0 fully saturated rings. The zero-order valence-electron chi connectivity index (χ0n) is 14.2. The van der Waals surface area contributed by atoms with Crippen molar-refractivity contribution in [1.29, 1.82) is 0 Å². The zero-order valence-corrected chi connectivity index (χ0v) is 14.2. The zero-order chi connectivity index (χ0) is 18.1. The maximum absolute atomic E-state index is 12.3. The van der Waals surface area contributed by atoms with E-state index in [1.807, 2.05) is 0 Å². The molecule has 132 valence electrons. The Morgan fingerprint density at radius 1 is 1.08 bits per heavy atom. The second-order valence-electron chi connectivity index (χ2n) is 5.21. The van der Waals surface area contributed by atoms with E-state index in [1.165, 1.54) is 12.3 Å². The van der Waals surface area contributed by atoms with Crippen LogP contribution in [0.2, 0.25) is 0 Å². The minimum atomic E-state index is -0.390. The first-order chi connectivity index (χ1) is 12.1. The molecule has 0 saturated carbocycles. The number of nitrogens with zero attached hydrogens (tertiary/aromatic N) is 1. The number of anilines is 1. The van der Waals surface area contributed by atoms with Crippen molar-refractivity contribution in [1.82, 2.24) is 10.3 Å². The third-order valence-electron chi connectivity index (χ3n) is 3.41. The summed E-state index contributed by atoms with van der Waals surface area (Å²) in [4.78, 5) is 28.4. The van der Waals surface area contributed by atoms with Crippen LogP contribution in [-0.4, -0.2) is 44.2 Å². The van der Waals surface area contributed by atoms with E-state index in [1.54, 1.807) is 44.6 Å². The molecule has 0 unspecified atom stereocenters. The van der Waals surface area contributed by atoms with Crippen LogP contribution >= 0.6 is 0 Å². The van der Waals surface area contributed by atoms with Gasteiger partial charge in [0.05, 0.1) is 7.11 Å². The molecule has 2 amide bonds. The number of methoxy groups -OCH3 is 2. The number of pyridine rings is 1. The first kappa shape index (κ1) is 18.4. The number of benzene rings is 1. The number of hydrogen-bond donors (Lipinski definition) is 2. The van der Waals surface area contributed by atoms with Gasteiger partial charge in [0, 0.05) is 37.7 Å². The first-order valence-corrected chi connectivity index (χ1v) is 7.82. The molecule has 2 N–H and O–H groups in total. The number of aromatic nitrogens is 1. The molecular weight excluding hydrogens is 322 g/mol. The fourth-order valence-electron chi connectivity index (χ4n) is 2.09. The Bertz CT molecular complexity index is 717. The van der Waals surface area contributed by atoms with Gasteiger partial charge < -0.3 is 20.1 Å². The SMILES string of the molecule is COCCCNC(=O)c1ccnc(C(=O)Nc2ccc(OC)cc2)c1. The van der Waals surface area contributed by atoms with Crippen LogP contribution in [0, 0.1) is 0 Å². The second kappa shape index (κ2) is 9.39. The van der Waals surface area contributed by atoms with Crippen molar-refractivity contribution in [2.45, 2.75) is 6.42 Å². The number of hydrogen-bond acceptors (Lipinski definition) is 5. The summed E-state index contributed by atoms with van der Waals surface area (Å²) in [5, 5.41) is 5.50. The van der Waals surface area contributed by atoms with Crippen LogP contribution in [0.3, 0.4) is 0 Å². The maximum Gasteiger partial charge on any atom is 0.274 e. The van der Waals surface area contributed by atoms with Gasteiger partial charge in [-0.2, -0.15) is 0 Å². The quantitative estimate of drug-likeness (QED) is 0.717. The van der Waals surface area contributed by atoms with Crippen LogP contribution in [0.5, 0.6) is 5.75 Å². The first-order valence-electron chi connectivity index (χ1n) is 7.82. The van der Waals surface area contributed by atoms with Gasteiger partial charge in [-0.15, -0.1) is 0 Å². The third kappa shape index (κ3) is 5.58. The molecule has 0 radical (unpaired) electrons. The van der Waals surface area contributed by atoms with Crippen molar-refractivity contribution in [2.24, 2.45) is 0 Å². The summed E-state index contributed by atoms with van der Waals surface area (Å²) >= 11 is 0. The summed E-state index contributed by atoms with van der Waals surface area (Å²) in [6, 6.07) is 9.96. The van der Waals surface area contributed by atoms with Gasteiger partial charge in [-0.25, -0.2) is 0 Å². The van der Waals surface area contributed by atoms with Gasteiger partial charge >= 0.3 is 0 Å². The number of rotatable bonds is 8. The largest absolute Gasteiger partial charge is 0.497 e. The molecule has 2 rings (SSSR count). The van der Waals surface area contributed by atoms with Gasteiger partial charge in [-0.05, 0) is 42.8 Å². The lowest BCUT2D eigenvalue weighted by Crippen LogP contribution is -2.25. The van der Waals surface area contributed by atoms with Gasteiger partial charge in [-0.3, -0.25) is 14.6 Å². The highest BCUT2D eigenvalue weighted by molar-refractivity contribution is 6.04. The lowest BCUT2D eigenvalue weighted by Gasteiger charge is -2.08. The van der Waals surface area contributed by atoms with Crippen LogP contribution in [0.1, 0.15) is 27.3 Å². The van der Waals surface area contributed by atoms with Crippen LogP contribution < -0.4 is 15.4 Å². The third-order valence-corrected chi connectivity index (χ3v) is 3.41. The summed E-state index contributed by atoms with van der Waals surface area (Å²) in [6.07, 6.45) is 2.16. The predicted octanol–water partition coefficient (Wildman–Crippen LogP) is 2.11. The number of amides is 2. The van der Waals surface area contributed by atoms with Gasteiger partial charge in [0.15, 0.2) is 0 Å². The highest BCUT2D eigenvalue weighted by Gasteiger charge is 2.12. The average Bonchev–Trinajstić information content (AvgIpc) is 2.65. The van der Waals surface area contributed by atoms with E-state index in [-0.39, 0.29) is 17.5 Å². The van der Waals surface area contributed by atoms with Gasteiger partial charge in [0.1, 0.15) is 11.4 Å². The van der Waals surface area contributed by atoms with E-state index in [2.05, 4.69) is 15.6 Å². The Balaban J connectivity index is 1.99. The summed E-state index contributed by atoms with van der Waals surface area (Å²) in [5.74, 6) is 0.0551. The lowest BCUT2D eigenvalue weighted by molar-refractivity contribution is 0.0948. The van der Waals surface area contributed by atoms with Crippen LogP contribution in [0.4, 0.5) is 5.69 Å². The van der Waals surface area contributed by atoms with E-state index in [9.17, 15) is 9.59 Å². The van der Waals surface area contributed by atoms with Crippen molar-refractivity contribution in [3.05, 3.63) is 53.9 Å². The van der Waals surface area contributed by atoms with Gasteiger partial charge in [0.25, 0.3) is 11.8 Å². The lowest BCUT2D eigenvalue weighted by atomic mass is 10.2. The van der Waals surface area contributed by atoms with E-state index in [4.69, 9.17) is 9.47 Å². The second-order valence-corrected chi connectivity index (χ2v) is 5.21. The molecule has 0 spiro atoms. The monoisotopic (exact) mass is 343 g/mol. The molecule has 7 heteroatoms. The molecule has 1 aromatic heterocycles. The minimum Gasteiger partial charge on any atom is -0.497 e. The molecule has 0 bridgehead atoms. The van der Waals surface area contributed by atoms with Crippen molar-refractivity contribution >= 4 is 17.5 Å². The van der Waals surface area contributed by atoms with Crippen molar-refractivity contribution in [2.75, 3.05) is 32.7 Å². The van der Waals surface area contributed by atoms with E-state index in [0.717, 1.165) is 6.42 Å². The van der Waals surface area contributed by atoms with Crippen molar-refractivity contribution in [3.63, 3.8) is 0 Å². The highest BCUT2D eigenvalue weighted by Crippen LogP contribution is 2.15. The standard InChI is InChI=1S/C18H21N3O4/c1-24-11-3-9-20-17(22)13-8-10-19-16(12-13)18(23)21-14-4-6-15(25-2)7-5-14/h4-8,10,12H,3,9,11H2,1-2H3,(H,20,22)(H,21,23). The molecule has 7 nitrogen and oxygen atoms in total. The molecule has 0 atom stereocenters. The van der Waals surface area contributed by atoms with Crippen LogP contribution in [0.25, 0.3) is 0 Å². The Morgan fingerprint density at radius 2 is 1.84 bits per heavy atom. The smallest absolute Gasteiger partial charge is 0.274 e. The summed E-state index contributed by atoms with van der Waals surface area (Å²) in [5.41, 5.74) is 1.16. The van der Waals surface area contributed by atoms with Crippen molar-refractivity contribution in [3.8, 4) is 5.75 Å². The number of ether oxygens (including phenoxy) is 2. The number of carbonyl (C=O) groups is 2. The summed E-state index contributed by atoms with van der Waals surface area (Å²) in [7, 11) is 3.18. The molecule has 25 heavy (non-hydrogen) atoms. The van der Waals surface area contributed by atoms with E-state index >= 15 is 0 Å². The molecule has 1 aromatic carbocycles. The van der Waals surface area contributed by atoms with E-state index < -0.39 is 0 Å². The molecule has 0 saturated heterocycles. The molecule has 0 aliphatic carbocycles. The number of nitrogens with one attached hydrogen (secondary N) is 2. The summed E-state index contributed by atoms with van der Waals surface area (Å²) < 4.78 is 10.00. The fourth-order valence-corrected chi connectivity index (χ4v) is 2.09. The predicted molar refractivity (Wildman–Crippen MR) is 94.0 cm³/mol. The Hall–Kier alpha value is -2.93. The minimum absolute atomic E-state index is 0.167. The Morgan fingerprint density at radius 3 is 2.52 bits per heavy atom. The van der Waals surface area contributed by atoms with Crippen molar-refractivity contribution < 1.29 is 19.1 Å². The van der Waals surface area contributed by atoms with E-state index in [0.29, 0.717) is 30.2 Å². The summed E-state index contributed by atoms with van der Waals surface area (Å²) in [6.45, 7) is 1.08. The molecular formula is C18H21N3O4. The maximum atomic E-state index is 12.3. The number of carbonyl (C=O) groups excluding carboxylic acids is 2. The Kier molecular flexibility index (Phi) is 6.91. The molecule has 0 aliphatic heterocycles. The average molecular weight is 343 g/mol. The molecule has 1 heterocycles. The molecule has 2 aromatic rings. The topological polar surface area (TPSA) is 89.5 Å². The van der Waals surface area contributed by atoms with Crippen LogP contribution in [0.15, 0.2) is 42.6 Å². The normalized spacial score (nSPS) is 10.2. The fraction of sp³-hybridized carbons (Fsp3) is 0.278. The molecule has 0 aliphatic rings. The highest BCUT2D eigenvalue weighted by atomic mass is 16.5. The van der Waals surface area contributed by atoms with Gasteiger partial charge in [0.2, 0.25) is 0 Å². The van der Waals surface area contributed by atoms with Crippen LogP contribution in [-0.2, 0) is 4.74 Å². The van der Waals surface area contributed by atoms with Gasteiger partial charge in [-0.1, -0.05) is 0 Å². The Labute approximate surface area is 146 Å².